The number of aliphatic hydroxyl groups is 1. The van der Waals surface area contributed by atoms with Gasteiger partial charge in [-0.15, -0.1) is 0 Å². The number of nitrogens with zero attached hydrogens (tertiary/aromatic N) is 1. The summed E-state index contributed by atoms with van der Waals surface area (Å²) in [7, 11) is 0. The fourth-order valence-electron chi connectivity index (χ4n) is 3.39. The maximum Gasteiger partial charge on any atom is 0.0695 e. The zero-order chi connectivity index (χ0) is 16.6. The van der Waals surface area contributed by atoms with E-state index in [1.807, 2.05) is 36.4 Å². The van der Waals surface area contributed by atoms with Gasteiger partial charge in [-0.2, -0.15) is 0 Å². The minimum atomic E-state index is -0.235. The standard InChI is InChI=1S/C22H25NO/c24-22-16-8-7-15-21(22)23(18-20-12-5-2-6-13-20)17-9-14-19-10-3-1-4-11-19/h1-6,10-13,21-22,24H,7-8,15-18H2/t21-,22-/m0/s1. The molecule has 1 fully saturated rings. The number of aliphatic hydroxyl groups excluding tert-OH is 1. The highest BCUT2D eigenvalue weighted by molar-refractivity contribution is 5.33. The smallest absolute Gasteiger partial charge is 0.0695 e. The lowest BCUT2D eigenvalue weighted by atomic mass is 9.91. The molecule has 2 nitrogen and oxygen atoms in total. The average Bonchev–Trinajstić information content (AvgIpc) is 2.63. The van der Waals surface area contributed by atoms with Gasteiger partial charge in [0.1, 0.15) is 0 Å². The van der Waals surface area contributed by atoms with E-state index in [9.17, 15) is 5.11 Å². The van der Waals surface area contributed by atoms with Crippen molar-refractivity contribution in [3.05, 3.63) is 71.8 Å². The summed E-state index contributed by atoms with van der Waals surface area (Å²) < 4.78 is 0. The first kappa shape index (κ1) is 16.8. The average molecular weight is 319 g/mol. The second-order valence-electron chi connectivity index (χ2n) is 6.48. The third-order valence-electron chi connectivity index (χ3n) is 4.68. The van der Waals surface area contributed by atoms with Gasteiger partial charge >= 0.3 is 0 Å². The molecule has 0 spiro atoms. The van der Waals surface area contributed by atoms with Crippen LogP contribution in [0.3, 0.4) is 0 Å². The van der Waals surface area contributed by atoms with E-state index in [1.165, 1.54) is 12.0 Å². The van der Waals surface area contributed by atoms with Crippen molar-refractivity contribution in [2.75, 3.05) is 6.54 Å². The van der Waals surface area contributed by atoms with Gasteiger partial charge in [-0.3, -0.25) is 4.90 Å². The zero-order valence-electron chi connectivity index (χ0n) is 14.1. The Hall–Kier alpha value is -2.08. The summed E-state index contributed by atoms with van der Waals surface area (Å²) in [6, 6.07) is 20.8. The van der Waals surface area contributed by atoms with Crippen LogP contribution in [0.4, 0.5) is 0 Å². The first-order valence-corrected chi connectivity index (χ1v) is 8.83. The highest BCUT2D eigenvalue weighted by Gasteiger charge is 2.28. The van der Waals surface area contributed by atoms with Gasteiger partial charge in [-0.25, -0.2) is 0 Å². The first-order valence-electron chi connectivity index (χ1n) is 8.83. The van der Waals surface area contributed by atoms with Crippen molar-refractivity contribution in [3.63, 3.8) is 0 Å². The van der Waals surface area contributed by atoms with Gasteiger partial charge < -0.3 is 5.11 Å². The molecule has 1 N–H and O–H groups in total. The van der Waals surface area contributed by atoms with Gasteiger partial charge in [0.25, 0.3) is 0 Å². The molecule has 2 heteroatoms. The van der Waals surface area contributed by atoms with E-state index in [-0.39, 0.29) is 12.1 Å². The maximum atomic E-state index is 10.4. The van der Waals surface area contributed by atoms with E-state index >= 15 is 0 Å². The third-order valence-corrected chi connectivity index (χ3v) is 4.68. The fraction of sp³-hybridized carbons (Fsp3) is 0.364. The van der Waals surface area contributed by atoms with Crippen LogP contribution < -0.4 is 0 Å². The van der Waals surface area contributed by atoms with Crippen molar-refractivity contribution < 1.29 is 5.11 Å². The van der Waals surface area contributed by atoms with E-state index in [0.717, 1.165) is 31.4 Å². The van der Waals surface area contributed by atoms with Crippen LogP contribution in [0.1, 0.15) is 36.8 Å². The molecule has 0 heterocycles. The lowest BCUT2D eigenvalue weighted by Crippen LogP contribution is -2.45. The Labute approximate surface area is 145 Å². The molecule has 3 rings (SSSR count). The van der Waals surface area contributed by atoms with Crippen LogP contribution in [0.25, 0.3) is 0 Å². The molecule has 0 radical (unpaired) electrons. The zero-order valence-corrected chi connectivity index (χ0v) is 14.1. The van der Waals surface area contributed by atoms with Crippen LogP contribution in [0.5, 0.6) is 0 Å². The summed E-state index contributed by atoms with van der Waals surface area (Å²) in [4.78, 5) is 2.34. The molecule has 124 valence electrons. The van der Waals surface area contributed by atoms with Gasteiger partial charge in [-0.05, 0) is 30.5 Å². The Bertz CT molecular complexity index is 671. The SMILES string of the molecule is O[C@H]1CCCC[C@@H]1N(CC#Cc1ccccc1)Cc1ccccc1. The molecule has 0 amide bonds. The number of rotatable bonds is 4. The molecule has 1 saturated carbocycles. The lowest BCUT2D eigenvalue weighted by Gasteiger charge is -2.36. The summed E-state index contributed by atoms with van der Waals surface area (Å²) in [5, 5.41) is 10.4. The summed E-state index contributed by atoms with van der Waals surface area (Å²) in [5.41, 5.74) is 2.32. The predicted molar refractivity (Wildman–Crippen MR) is 98.4 cm³/mol. The van der Waals surface area contributed by atoms with Gasteiger partial charge in [-0.1, -0.05) is 73.2 Å². The topological polar surface area (TPSA) is 23.5 Å². The van der Waals surface area contributed by atoms with Gasteiger partial charge in [0, 0.05) is 18.2 Å². The summed E-state index contributed by atoms with van der Waals surface area (Å²) >= 11 is 0. The van der Waals surface area contributed by atoms with Crippen molar-refractivity contribution in [1.82, 2.24) is 4.90 Å². The fourth-order valence-corrected chi connectivity index (χ4v) is 3.39. The molecule has 2 aromatic rings. The van der Waals surface area contributed by atoms with Gasteiger partial charge in [0.15, 0.2) is 0 Å². The normalized spacial score (nSPS) is 20.4. The molecule has 1 aliphatic carbocycles. The molecule has 2 atom stereocenters. The van der Waals surface area contributed by atoms with Crippen LogP contribution in [0, 0.1) is 11.8 Å². The molecule has 24 heavy (non-hydrogen) atoms. The van der Waals surface area contributed by atoms with E-state index in [1.54, 1.807) is 0 Å². The Balaban J connectivity index is 1.73. The minimum absolute atomic E-state index is 0.212. The van der Waals surface area contributed by atoms with Crippen molar-refractivity contribution in [2.45, 2.75) is 44.4 Å². The maximum absolute atomic E-state index is 10.4. The Morgan fingerprint density at radius 2 is 1.58 bits per heavy atom. The Morgan fingerprint density at radius 1 is 0.917 bits per heavy atom. The Morgan fingerprint density at radius 3 is 2.29 bits per heavy atom. The number of hydrogen-bond acceptors (Lipinski definition) is 2. The Kier molecular flexibility index (Phi) is 6.07. The molecule has 0 saturated heterocycles. The highest BCUT2D eigenvalue weighted by atomic mass is 16.3. The highest BCUT2D eigenvalue weighted by Crippen LogP contribution is 2.24. The summed E-state index contributed by atoms with van der Waals surface area (Å²) in [6.45, 7) is 1.53. The second-order valence-corrected chi connectivity index (χ2v) is 6.48. The lowest BCUT2D eigenvalue weighted by molar-refractivity contribution is 0.0224. The van der Waals surface area contributed by atoms with Gasteiger partial charge in [0.2, 0.25) is 0 Å². The van der Waals surface area contributed by atoms with Crippen molar-refractivity contribution in [3.8, 4) is 11.8 Å². The van der Waals surface area contributed by atoms with Gasteiger partial charge in [0.05, 0.1) is 12.6 Å². The molecular formula is C22H25NO. The number of hydrogen-bond donors (Lipinski definition) is 1. The van der Waals surface area contributed by atoms with E-state index < -0.39 is 0 Å². The summed E-state index contributed by atoms with van der Waals surface area (Å²) in [6.07, 6.45) is 4.05. The van der Waals surface area contributed by atoms with Crippen LogP contribution in [0.15, 0.2) is 60.7 Å². The van der Waals surface area contributed by atoms with Crippen LogP contribution >= 0.6 is 0 Å². The predicted octanol–water partition coefficient (Wildman–Crippen LogP) is 3.84. The molecule has 2 aromatic carbocycles. The van der Waals surface area contributed by atoms with Crippen LogP contribution in [0.2, 0.25) is 0 Å². The summed E-state index contributed by atoms with van der Waals surface area (Å²) in [5.74, 6) is 6.55. The van der Waals surface area contributed by atoms with Crippen LogP contribution in [-0.2, 0) is 6.54 Å². The van der Waals surface area contributed by atoms with E-state index in [0.29, 0.717) is 6.54 Å². The second kappa shape index (κ2) is 8.68. The minimum Gasteiger partial charge on any atom is -0.391 e. The van der Waals surface area contributed by atoms with Crippen molar-refractivity contribution >= 4 is 0 Å². The monoisotopic (exact) mass is 319 g/mol. The molecule has 0 aliphatic heterocycles. The largest absolute Gasteiger partial charge is 0.391 e. The number of benzene rings is 2. The molecule has 0 unspecified atom stereocenters. The van der Waals surface area contributed by atoms with Crippen molar-refractivity contribution in [1.29, 1.82) is 0 Å². The quantitative estimate of drug-likeness (QED) is 0.866. The molecule has 1 aliphatic rings. The third kappa shape index (κ3) is 4.71. The molecular weight excluding hydrogens is 294 g/mol. The van der Waals surface area contributed by atoms with E-state index in [2.05, 4.69) is 41.0 Å². The van der Waals surface area contributed by atoms with Crippen molar-refractivity contribution in [2.24, 2.45) is 0 Å². The van der Waals surface area contributed by atoms with E-state index in [4.69, 9.17) is 0 Å². The molecule has 0 aromatic heterocycles. The molecule has 0 bridgehead atoms. The van der Waals surface area contributed by atoms with Crippen LogP contribution in [-0.4, -0.2) is 28.7 Å². The first-order chi connectivity index (χ1) is 11.8.